The van der Waals surface area contributed by atoms with Crippen LogP contribution in [0.5, 0.6) is 0 Å². The number of aryl methyl sites for hydroxylation is 1. The summed E-state index contributed by atoms with van der Waals surface area (Å²) in [7, 11) is 1.35. The maximum absolute atomic E-state index is 12.1. The van der Waals surface area contributed by atoms with Gasteiger partial charge in [-0.05, 0) is 30.7 Å². The number of rotatable bonds is 4. The third kappa shape index (κ3) is 2.88. The van der Waals surface area contributed by atoms with Gasteiger partial charge in [-0.2, -0.15) is 0 Å². The molecule has 6 nitrogen and oxygen atoms in total. The van der Waals surface area contributed by atoms with Crippen molar-refractivity contribution in [1.82, 2.24) is 15.2 Å². The number of hydrogen-bond donors (Lipinski definition) is 2. The molecule has 0 aliphatic carbocycles. The number of aromatic amines is 2. The van der Waals surface area contributed by atoms with Crippen LogP contribution in [0.2, 0.25) is 0 Å². The normalized spacial score (nSPS) is 12.3. The zero-order chi connectivity index (χ0) is 16.4. The van der Waals surface area contributed by atoms with E-state index in [0.717, 1.165) is 22.2 Å². The predicted octanol–water partition coefficient (Wildman–Crippen LogP) is 2.25. The van der Waals surface area contributed by atoms with Crippen molar-refractivity contribution in [1.29, 1.82) is 0 Å². The Kier molecular flexibility index (Phi) is 3.97. The second-order valence-corrected chi connectivity index (χ2v) is 5.41. The van der Waals surface area contributed by atoms with Crippen molar-refractivity contribution in [3.63, 3.8) is 0 Å². The van der Waals surface area contributed by atoms with Gasteiger partial charge in [0.05, 0.1) is 19.0 Å². The Morgan fingerprint density at radius 3 is 2.83 bits per heavy atom. The number of nitrogens with one attached hydrogen (secondary N) is 2. The van der Waals surface area contributed by atoms with E-state index in [4.69, 9.17) is 4.74 Å². The molecule has 0 fully saturated rings. The van der Waals surface area contributed by atoms with Crippen LogP contribution in [0.25, 0.3) is 10.9 Å². The fourth-order valence-electron chi connectivity index (χ4n) is 2.82. The molecule has 1 atom stereocenters. The van der Waals surface area contributed by atoms with Gasteiger partial charge in [-0.3, -0.25) is 19.7 Å². The van der Waals surface area contributed by atoms with Crippen LogP contribution >= 0.6 is 0 Å². The zero-order valence-corrected chi connectivity index (χ0v) is 12.9. The zero-order valence-electron chi connectivity index (χ0n) is 12.9. The van der Waals surface area contributed by atoms with Gasteiger partial charge < -0.3 is 9.84 Å². The highest BCUT2D eigenvalue weighted by molar-refractivity contribution is 5.80. The van der Waals surface area contributed by atoms with Gasteiger partial charge in [0.25, 0.3) is 5.56 Å². The fraction of sp³-hybridized carbons (Fsp3) is 0.235. The topological polar surface area (TPSA) is 87.8 Å². The highest BCUT2D eigenvalue weighted by Gasteiger charge is 2.24. The number of benzene rings is 1. The van der Waals surface area contributed by atoms with E-state index in [2.05, 4.69) is 15.2 Å². The lowest BCUT2D eigenvalue weighted by atomic mass is 9.88. The first-order chi connectivity index (χ1) is 11.1. The smallest absolute Gasteiger partial charge is 0.306 e. The van der Waals surface area contributed by atoms with E-state index in [1.54, 1.807) is 13.1 Å². The standard InChI is InChI=1S/C17H17N3O3/c1-10-16(17(22)20-19-10)13(9-15(21)23-2)11-5-6-14-12(8-11)4-3-7-18-14/h3-8,13H,9H2,1-2H3,(H2,19,20,22)/t13-/m1/s1. The van der Waals surface area contributed by atoms with Gasteiger partial charge in [0.1, 0.15) is 0 Å². The number of fused-ring (bicyclic) bond motifs is 1. The lowest BCUT2D eigenvalue weighted by Gasteiger charge is -2.16. The van der Waals surface area contributed by atoms with Crippen molar-refractivity contribution < 1.29 is 9.53 Å². The van der Waals surface area contributed by atoms with Crippen LogP contribution in [0.1, 0.15) is 29.2 Å². The number of pyridine rings is 1. The van der Waals surface area contributed by atoms with Crippen molar-refractivity contribution in [2.45, 2.75) is 19.3 Å². The minimum Gasteiger partial charge on any atom is -0.469 e. The molecule has 2 N–H and O–H groups in total. The number of H-pyrrole nitrogens is 2. The van der Waals surface area contributed by atoms with E-state index in [0.29, 0.717) is 5.56 Å². The summed E-state index contributed by atoms with van der Waals surface area (Å²) in [6, 6.07) is 9.56. The van der Waals surface area contributed by atoms with Crippen molar-refractivity contribution in [2.24, 2.45) is 0 Å². The first kappa shape index (κ1) is 15.0. The number of aromatic nitrogens is 3. The molecule has 2 heterocycles. The van der Waals surface area contributed by atoms with Gasteiger partial charge in [-0.25, -0.2) is 0 Å². The molecule has 0 radical (unpaired) electrons. The molecule has 0 saturated carbocycles. The summed E-state index contributed by atoms with van der Waals surface area (Å²) in [5.41, 5.74) is 2.80. The van der Waals surface area contributed by atoms with Crippen molar-refractivity contribution in [3.8, 4) is 0 Å². The molecule has 23 heavy (non-hydrogen) atoms. The van der Waals surface area contributed by atoms with Gasteiger partial charge in [0.15, 0.2) is 0 Å². The lowest BCUT2D eigenvalue weighted by molar-refractivity contribution is -0.140. The molecule has 0 aliphatic rings. The third-order valence-electron chi connectivity index (χ3n) is 3.99. The Labute approximate surface area is 132 Å². The molecule has 1 aromatic carbocycles. The van der Waals surface area contributed by atoms with Crippen LogP contribution < -0.4 is 5.56 Å². The average molecular weight is 311 g/mol. The molecule has 2 aromatic heterocycles. The molecule has 3 aromatic rings. The average Bonchev–Trinajstić information content (AvgIpc) is 2.90. The summed E-state index contributed by atoms with van der Waals surface area (Å²) in [6.45, 7) is 1.81. The lowest BCUT2D eigenvalue weighted by Crippen LogP contribution is -2.17. The molecule has 0 aliphatic heterocycles. The molecular formula is C17H17N3O3. The summed E-state index contributed by atoms with van der Waals surface area (Å²) in [5.74, 6) is -0.733. The monoisotopic (exact) mass is 311 g/mol. The predicted molar refractivity (Wildman–Crippen MR) is 86.4 cm³/mol. The van der Waals surface area contributed by atoms with E-state index in [-0.39, 0.29) is 23.9 Å². The van der Waals surface area contributed by atoms with E-state index < -0.39 is 0 Å². The summed E-state index contributed by atoms with van der Waals surface area (Å²) >= 11 is 0. The minimum atomic E-state index is -0.373. The van der Waals surface area contributed by atoms with Gasteiger partial charge in [0, 0.05) is 28.8 Å². The second-order valence-electron chi connectivity index (χ2n) is 5.41. The number of carbonyl (C=O) groups excluding carboxylic acids is 1. The van der Waals surface area contributed by atoms with Crippen LogP contribution in [0, 0.1) is 6.92 Å². The Hall–Kier alpha value is -2.89. The molecule has 118 valence electrons. The van der Waals surface area contributed by atoms with E-state index in [1.807, 2.05) is 30.3 Å². The van der Waals surface area contributed by atoms with Crippen LogP contribution in [-0.4, -0.2) is 28.3 Å². The van der Waals surface area contributed by atoms with Gasteiger partial charge >= 0.3 is 5.97 Å². The minimum absolute atomic E-state index is 0.101. The number of ether oxygens (including phenoxy) is 1. The molecule has 0 spiro atoms. The maximum atomic E-state index is 12.1. The van der Waals surface area contributed by atoms with Gasteiger partial charge in [-0.15, -0.1) is 0 Å². The van der Waals surface area contributed by atoms with Crippen LogP contribution in [0.15, 0.2) is 41.3 Å². The number of nitrogens with zero attached hydrogens (tertiary/aromatic N) is 1. The Morgan fingerprint density at radius 1 is 1.30 bits per heavy atom. The molecule has 3 rings (SSSR count). The van der Waals surface area contributed by atoms with Gasteiger partial charge in [0.2, 0.25) is 0 Å². The Morgan fingerprint density at radius 2 is 2.13 bits per heavy atom. The second kappa shape index (κ2) is 6.08. The number of hydrogen-bond acceptors (Lipinski definition) is 4. The summed E-state index contributed by atoms with van der Waals surface area (Å²) in [4.78, 5) is 28.2. The van der Waals surface area contributed by atoms with Crippen LogP contribution in [0.3, 0.4) is 0 Å². The highest BCUT2D eigenvalue weighted by atomic mass is 16.5. The number of carbonyl (C=O) groups is 1. The quantitative estimate of drug-likeness (QED) is 0.723. The van der Waals surface area contributed by atoms with E-state index >= 15 is 0 Å². The molecule has 6 heteroatoms. The summed E-state index contributed by atoms with van der Waals surface area (Å²) in [6.07, 6.45) is 1.83. The Bertz CT molecular complexity index is 911. The van der Waals surface area contributed by atoms with E-state index in [9.17, 15) is 9.59 Å². The molecule has 0 bridgehead atoms. The van der Waals surface area contributed by atoms with Crippen LogP contribution in [-0.2, 0) is 9.53 Å². The maximum Gasteiger partial charge on any atom is 0.306 e. The van der Waals surface area contributed by atoms with Crippen LogP contribution in [0.4, 0.5) is 0 Å². The highest BCUT2D eigenvalue weighted by Crippen LogP contribution is 2.29. The first-order valence-electron chi connectivity index (χ1n) is 7.28. The Balaban J connectivity index is 2.13. The molecule has 0 saturated heterocycles. The number of methoxy groups -OCH3 is 1. The van der Waals surface area contributed by atoms with Gasteiger partial charge in [-0.1, -0.05) is 12.1 Å². The van der Waals surface area contributed by atoms with E-state index in [1.165, 1.54) is 7.11 Å². The first-order valence-corrected chi connectivity index (χ1v) is 7.28. The SMILES string of the molecule is COC(=O)C[C@H](c1ccc2ncccc2c1)c1c(C)[nH][nH]c1=O. The number of esters is 1. The molecule has 0 amide bonds. The molecule has 0 unspecified atom stereocenters. The van der Waals surface area contributed by atoms with Crippen molar-refractivity contribution in [2.75, 3.05) is 7.11 Å². The third-order valence-corrected chi connectivity index (χ3v) is 3.99. The summed E-state index contributed by atoms with van der Waals surface area (Å²) < 4.78 is 4.79. The van der Waals surface area contributed by atoms with Crippen molar-refractivity contribution in [3.05, 3.63) is 63.7 Å². The fourth-order valence-corrected chi connectivity index (χ4v) is 2.82. The largest absolute Gasteiger partial charge is 0.469 e. The summed E-state index contributed by atoms with van der Waals surface area (Å²) in [5, 5.41) is 6.35. The molecular weight excluding hydrogens is 294 g/mol. The van der Waals surface area contributed by atoms with Crippen molar-refractivity contribution >= 4 is 16.9 Å².